The van der Waals surface area contributed by atoms with Gasteiger partial charge in [0, 0.05) is 5.69 Å². The van der Waals surface area contributed by atoms with Gasteiger partial charge in [-0.2, -0.15) is 5.26 Å². The SMILES string of the molecule is CCOc1ccccc1Oc1nc2c(cc1C#N)CCC2. The average Bonchev–Trinajstić information content (AvgIpc) is 2.96. The molecule has 0 radical (unpaired) electrons. The Hall–Kier alpha value is -2.54. The maximum absolute atomic E-state index is 9.30. The Bertz CT molecular complexity index is 704. The van der Waals surface area contributed by atoms with E-state index in [-0.39, 0.29) is 0 Å². The number of aryl methyl sites for hydroxylation is 2. The zero-order valence-electron chi connectivity index (χ0n) is 11.9. The number of rotatable bonds is 4. The molecule has 1 aromatic carbocycles. The molecule has 21 heavy (non-hydrogen) atoms. The first-order valence-corrected chi connectivity index (χ1v) is 7.14. The van der Waals surface area contributed by atoms with Crippen molar-refractivity contribution in [1.29, 1.82) is 5.26 Å². The fourth-order valence-corrected chi connectivity index (χ4v) is 2.52. The number of hydrogen-bond donors (Lipinski definition) is 0. The largest absolute Gasteiger partial charge is 0.490 e. The van der Waals surface area contributed by atoms with E-state index in [0.29, 0.717) is 29.5 Å². The van der Waals surface area contributed by atoms with E-state index in [9.17, 15) is 5.26 Å². The van der Waals surface area contributed by atoms with Crippen LogP contribution in [0.1, 0.15) is 30.2 Å². The molecular weight excluding hydrogens is 264 g/mol. The number of ether oxygens (including phenoxy) is 2. The van der Waals surface area contributed by atoms with Crippen molar-refractivity contribution < 1.29 is 9.47 Å². The molecule has 4 heteroatoms. The highest BCUT2D eigenvalue weighted by Gasteiger charge is 2.18. The van der Waals surface area contributed by atoms with Crippen LogP contribution in [0.5, 0.6) is 17.4 Å². The van der Waals surface area contributed by atoms with Crippen LogP contribution in [0.4, 0.5) is 0 Å². The van der Waals surface area contributed by atoms with Crippen molar-refractivity contribution in [3.8, 4) is 23.4 Å². The average molecular weight is 280 g/mol. The molecule has 1 aliphatic carbocycles. The third-order valence-corrected chi connectivity index (χ3v) is 3.49. The highest BCUT2D eigenvalue weighted by atomic mass is 16.5. The van der Waals surface area contributed by atoms with Crippen LogP contribution in [-0.4, -0.2) is 11.6 Å². The molecule has 0 fully saturated rings. The summed E-state index contributed by atoms with van der Waals surface area (Å²) in [5.74, 6) is 1.61. The smallest absolute Gasteiger partial charge is 0.237 e. The molecule has 0 unspecified atom stereocenters. The minimum Gasteiger partial charge on any atom is -0.490 e. The lowest BCUT2D eigenvalue weighted by Crippen LogP contribution is -1.99. The summed E-state index contributed by atoms with van der Waals surface area (Å²) in [6.07, 6.45) is 3.03. The zero-order chi connectivity index (χ0) is 14.7. The van der Waals surface area contributed by atoms with Crippen molar-refractivity contribution in [3.63, 3.8) is 0 Å². The van der Waals surface area contributed by atoms with Crippen LogP contribution in [0.15, 0.2) is 30.3 Å². The summed E-state index contributed by atoms with van der Waals surface area (Å²) in [5, 5.41) is 9.30. The Morgan fingerprint density at radius 2 is 2.05 bits per heavy atom. The van der Waals surface area contributed by atoms with Crippen LogP contribution in [0, 0.1) is 11.3 Å². The molecule has 2 aromatic rings. The molecule has 0 saturated carbocycles. The minimum atomic E-state index is 0.366. The molecule has 0 aliphatic heterocycles. The lowest BCUT2D eigenvalue weighted by atomic mass is 10.1. The summed E-state index contributed by atoms with van der Waals surface area (Å²) in [6, 6.07) is 11.5. The molecule has 1 heterocycles. The molecule has 4 nitrogen and oxygen atoms in total. The molecule has 1 aliphatic rings. The van der Waals surface area contributed by atoms with Crippen molar-refractivity contribution in [2.45, 2.75) is 26.2 Å². The first kappa shape index (κ1) is 13.4. The summed E-state index contributed by atoms with van der Waals surface area (Å²) in [7, 11) is 0. The van der Waals surface area contributed by atoms with Gasteiger partial charge in [-0.1, -0.05) is 12.1 Å². The Morgan fingerprint density at radius 1 is 1.24 bits per heavy atom. The number of para-hydroxylation sites is 2. The van der Waals surface area contributed by atoms with Crippen LogP contribution in [-0.2, 0) is 12.8 Å². The second-order valence-corrected chi connectivity index (χ2v) is 4.89. The van der Waals surface area contributed by atoms with E-state index in [0.717, 1.165) is 30.5 Å². The van der Waals surface area contributed by atoms with Crippen molar-refractivity contribution in [3.05, 3.63) is 47.2 Å². The fraction of sp³-hybridized carbons (Fsp3) is 0.294. The summed E-state index contributed by atoms with van der Waals surface area (Å²) in [5.41, 5.74) is 2.68. The topological polar surface area (TPSA) is 55.1 Å². The van der Waals surface area contributed by atoms with E-state index in [2.05, 4.69) is 11.1 Å². The number of nitriles is 1. The molecule has 3 rings (SSSR count). The molecule has 1 aromatic heterocycles. The van der Waals surface area contributed by atoms with Crippen molar-refractivity contribution >= 4 is 0 Å². The van der Waals surface area contributed by atoms with Crippen molar-refractivity contribution in [2.75, 3.05) is 6.61 Å². The molecule has 0 atom stereocenters. The van der Waals surface area contributed by atoms with Gasteiger partial charge in [-0.15, -0.1) is 0 Å². The van der Waals surface area contributed by atoms with Crippen LogP contribution < -0.4 is 9.47 Å². The molecule has 0 saturated heterocycles. The number of nitrogens with zero attached hydrogens (tertiary/aromatic N) is 2. The van der Waals surface area contributed by atoms with E-state index in [1.54, 1.807) is 0 Å². The highest BCUT2D eigenvalue weighted by Crippen LogP contribution is 2.33. The predicted molar refractivity (Wildman–Crippen MR) is 78.7 cm³/mol. The van der Waals surface area contributed by atoms with E-state index in [1.165, 1.54) is 0 Å². The number of hydrogen-bond acceptors (Lipinski definition) is 4. The van der Waals surface area contributed by atoms with Gasteiger partial charge in [-0.3, -0.25) is 0 Å². The first-order chi connectivity index (χ1) is 10.3. The van der Waals surface area contributed by atoms with Gasteiger partial charge in [-0.05, 0) is 49.9 Å². The van der Waals surface area contributed by atoms with Crippen LogP contribution in [0.3, 0.4) is 0 Å². The third kappa shape index (κ3) is 2.68. The van der Waals surface area contributed by atoms with Gasteiger partial charge in [0.25, 0.3) is 0 Å². The quantitative estimate of drug-likeness (QED) is 0.858. The Balaban J connectivity index is 1.97. The molecule has 0 amide bonds. The predicted octanol–water partition coefficient (Wildman–Crippen LogP) is 3.63. The Kier molecular flexibility index (Phi) is 3.74. The van der Waals surface area contributed by atoms with Gasteiger partial charge in [-0.25, -0.2) is 4.98 Å². The second-order valence-electron chi connectivity index (χ2n) is 4.89. The van der Waals surface area contributed by atoms with Crippen LogP contribution in [0.25, 0.3) is 0 Å². The van der Waals surface area contributed by atoms with Crippen molar-refractivity contribution in [2.24, 2.45) is 0 Å². The number of fused-ring (bicyclic) bond motifs is 1. The number of benzene rings is 1. The van der Waals surface area contributed by atoms with Gasteiger partial charge in [0.1, 0.15) is 11.6 Å². The lowest BCUT2D eigenvalue weighted by molar-refractivity contribution is 0.319. The Labute approximate surface area is 124 Å². The third-order valence-electron chi connectivity index (χ3n) is 3.49. The van der Waals surface area contributed by atoms with Gasteiger partial charge >= 0.3 is 0 Å². The zero-order valence-corrected chi connectivity index (χ0v) is 11.9. The summed E-state index contributed by atoms with van der Waals surface area (Å²) in [6.45, 7) is 2.48. The van der Waals surface area contributed by atoms with E-state index in [1.807, 2.05) is 37.3 Å². The fourth-order valence-electron chi connectivity index (χ4n) is 2.52. The normalized spacial score (nSPS) is 12.6. The van der Waals surface area contributed by atoms with Crippen LogP contribution >= 0.6 is 0 Å². The highest BCUT2D eigenvalue weighted by molar-refractivity contribution is 5.48. The summed E-state index contributed by atoms with van der Waals surface area (Å²) >= 11 is 0. The Morgan fingerprint density at radius 3 is 2.81 bits per heavy atom. The number of aromatic nitrogens is 1. The van der Waals surface area contributed by atoms with Gasteiger partial charge in [0.2, 0.25) is 5.88 Å². The molecule has 0 N–H and O–H groups in total. The lowest BCUT2D eigenvalue weighted by Gasteiger charge is -2.12. The number of pyridine rings is 1. The van der Waals surface area contributed by atoms with Gasteiger partial charge in [0.05, 0.1) is 6.61 Å². The summed E-state index contributed by atoms with van der Waals surface area (Å²) < 4.78 is 11.4. The molecular formula is C17H16N2O2. The van der Waals surface area contributed by atoms with E-state index < -0.39 is 0 Å². The summed E-state index contributed by atoms with van der Waals surface area (Å²) in [4.78, 5) is 4.52. The van der Waals surface area contributed by atoms with E-state index >= 15 is 0 Å². The molecule has 0 bridgehead atoms. The van der Waals surface area contributed by atoms with E-state index in [4.69, 9.17) is 9.47 Å². The maximum Gasteiger partial charge on any atom is 0.237 e. The standard InChI is InChI=1S/C17H16N2O2/c1-2-20-15-8-3-4-9-16(15)21-17-13(11-18)10-12-6-5-7-14(12)19-17/h3-4,8-10H,2,5-7H2,1H3. The monoisotopic (exact) mass is 280 g/mol. The van der Waals surface area contributed by atoms with Crippen molar-refractivity contribution in [1.82, 2.24) is 4.98 Å². The first-order valence-electron chi connectivity index (χ1n) is 7.14. The van der Waals surface area contributed by atoms with Crippen LogP contribution in [0.2, 0.25) is 0 Å². The van der Waals surface area contributed by atoms with Gasteiger partial charge < -0.3 is 9.47 Å². The van der Waals surface area contributed by atoms with Gasteiger partial charge in [0.15, 0.2) is 11.5 Å². The minimum absolute atomic E-state index is 0.366. The molecule has 0 spiro atoms. The maximum atomic E-state index is 9.30. The second kappa shape index (κ2) is 5.84. The molecule has 106 valence electrons.